The maximum absolute atomic E-state index is 9.19. The van der Waals surface area contributed by atoms with Crippen molar-refractivity contribution in [1.82, 2.24) is 0 Å². The third kappa shape index (κ3) is 326. The zero-order chi connectivity index (χ0) is 69.8. The molecular weight excluding hydrogens is 1130 g/mol. The predicted octanol–water partition coefficient (Wildman–Crippen LogP) is 18.0. The summed E-state index contributed by atoms with van der Waals surface area (Å²) in [5, 5.41) is 17.2. The van der Waals surface area contributed by atoms with Crippen molar-refractivity contribution < 1.29 is 51.7 Å². The number of nitrogens with zero attached hydrogens (tertiary/aromatic N) is 2. The Kier molecular flexibility index (Phi) is 156. The molecule has 5 fully saturated rings. The number of epoxide rings is 1. The van der Waals surface area contributed by atoms with Gasteiger partial charge in [0, 0.05) is 49.9 Å². The van der Waals surface area contributed by atoms with Crippen LogP contribution in [-0.2, 0) is 38.7 Å². The fraction of sp³-hybridized carbons (Fsp3) is 0.708. The molecule has 1 atom stereocenters. The summed E-state index contributed by atoms with van der Waals surface area (Å²) in [5.41, 5.74) is 8.09. The second-order valence-corrected chi connectivity index (χ2v) is 20.9. The van der Waals surface area contributed by atoms with Gasteiger partial charge in [-0.05, 0) is 141 Å². The number of ether oxygens (including phenoxy) is 4. The van der Waals surface area contributed by atoms with Crippen molar-refractivity contribution >= 4 is 63.8 Å². The van der Waals surface area contributed by atoms with Crippen LogP contribution in [0.2, 0.25) is 0 Å². The smallest absolute Gasteiger partial charge is 0.300 e. The van der Waals surface area contributed by atoms with Crippen molar-refractivity contribution in [2.75, 3.05) is 87.0 Å². The number of thiocarbonyl (C=S) groups is 1. The van der Waals surface area contributed by atoms with E-state index in [0.717, 1.165) is 78.5 Å². The Bertz CT molecular complexity index is 1530. The normalized spacial score (nSPS) is 13.8. The fourth-order valence-electron chi connectivity index (χ4n) is 2.35. The Balaban J connectivity index is -0.0000000455. The van der Waals surface area contributed by atoms with Crippen LogP contribution in [0.15, 0.2) is 94.5 Å². The number of carbonyl (C=O) groups is 1. The fourth-order valence-corrected chi connectivity index (χ4v) is 2.35. The molecule has 5 N–H and O–H groups in total. The van der Waals surface area contributed by atoms with Crippen molar-refractivity contribution in [3.63, 3.8) is 0 Å². The van der Waals surface area contributed by atoms with Crippen LogP contribution in [0.3, 0.4) is 0 Å². The molecular formula is C65H134ClN3O11S3. The summed E-state index contributed by atoms with van der Waals surface area (Å²) in [6.07, 6.45) is 33.1. The highest BCUT2D eigenvalue weighted by atomic mass is 35.5. The summed E-state index contributed by atoms with van der Waals surface area (Å²) in [6.45, 7) is 61.3. The third-order valence-electron chi connectivity index (χ3n) is 7.17. The number of hydrogen-bond acceptors (Lipinski definition) is 14. The minimum atomic E-state index is -3.67. The van der Waals surface area contributed by atoms with Gasteiger partial charge in [0.2, 0.25) is 6.08 Å². The molecule has 0 aromatic heterocycles. The first-order valence-electron chi connectivity index (χ1n) is 27.7. The molecule has 4 saturated heterocycles. The number of isocyanates is 1. The molecule has 4 heterocycles. The second kappa shape index (κ2) is 110. The lowest BCUT2D eigenvalue weighted by Gasteiger charge is -2.36. The Morgan fingerprint density at radius 3 is 1.04 bits per heavy atom. The topological polar surface area (TPSA) is 220 Å². The van der Waals surface area contributed by atoms with Gasteiger partial charge in [0.15, 0.2) is 0 Å². The van der Waals surface area contributed by atoms with Crippen molar-refractivity contribution in [2.45, 2.75) is 197 Å². The van der Waals surface area contributed by atoms with Crippen LogP contribution in [-0.4, -0.2) is 134 Å². The van der Waals surface area contributed by atoms with E-state index >= 15 is 0 Å². The molecule has 18 heteroatoms. The Labute approximate surface area is 531 Å². The molecule has 1 aliphatic carbocycles. The number of rotatable bonds is 4. The molecule has 500 valence electrons. The number of aliphatic carboxylic acids is 1. The summed E-state index contributed by atoms with van der Waals surface area (Å²) < 4.78 is 45.4. The largest absolute Gasteiger partial charge is 0.481 e. The molecule has 0 spiro atoms. The second-order valence-electron chi connectivity index (χ2n) is 18.6. The average molecular weight is 1270 g/mol. The molecule has 4 aliphatic heterocycles. The molecule has 0 radical (unpaired) electrons. The van der Waals surface area contributed by atoms with Crippen LogP contribution in [0, 0.1) is 35.0 Å². The van der Waals surface area contributed by atoms with Crippen LogP contribution in [0.4, 0.5) is 0 Å². The first kappa shape index (κ1) is 118. The monoisotopic (exact) mass is 1260 g/mol. The summed E-state index contributed by atoms with van der Waals surface area (Å²) in [7, 11) is 1.81. The highest BCUT2D eigenvalue weighted by Gasteiger charge is 2.30. The summed E-state index contributed by atoms with van der Waals surface area (Å²) in [5.74, 6) is 3.34. The molecule has 5 rings (SSSR count). The third-order valence-corrected chi connectivity index (χ3v) is 7.35. The van der Waals surface area contributed by atoms with Gasteiger partial charge in [0.05, 0.1) is 63.8 Å². The Morgan fingerprint density at radius 1 is 0.795 bits per heavy atom. The van der Waals surface area contributed by atoms with E-state index in [9.17, 15) is 8.42 Å². The Hall–Kier alpha value is -3.30. The molecule has 0 bridgehead atoms. The van der Waals surface area contributed by atoms with Gasteiger partial charge in [-0.15, -0.1) is 25.5 Å². The number of aliphatic hydroxyl groups excluding tert-OH is 1. The van der Waals surface area contributed by atoms with Crippen LogP contribution < -0.4 is 5.73 Å². The van der Waals surface area contributed by atoms with Gasteiger partial charge in [-0.25, -0.2) is 14.8 Å². The minimum Gasteiger partial charge on any atom is -0.481 e. The van der Waals surface area contributed by atoms with Gasteiger partial charge in [0.1, 0.15) is 0 Å². The van der Waals surface area contributed by atoms with Crippen molar-refractivity contribution in [3.8, 4) is 12.3 Å². The molecule has 1 unspecified atom stereocenters. The number of thiol groups is 1. The van der Waals surface area contributed by atoms with E-state index in [1.54, 1.807) is 33.2 Å². The summed E-state index contributed by atoms with van der Waals surface area (Å²) >= 11 is 12.7. The molecule has 5 aliphatic rings. The van der Waals surface area contributed by atoms with Gasteiger partial charge in [-0.1, -0.05) is 153 Å². The lowest BCUT2D eigenvalue weighted by atomic mass is 9.86. The van der Waals surface area contributed by atoms with E-state index in [-0.39, 0.29) is 0 Å². The molecule has 14 nitrogen and oxygen atoms in total. The van der Waals surface area contributed by atoms with E-state index in [0.29, 0.717) is 28.2 Å². The van der Waals surface area contributed by atoms with E-state index in [1.165, 1.54) is 63.4 Å². The number of halogens is 1. The molecule has 0 aromatic carbocycles. The number of isothiocyanates is 1. The zero-order valence-electron chi connectivity index (χ0n) is 58.5. The lowest BCUT2D eigenvalue weighted by molar-refractivity contribution is -0.134. The number of carboxylic acids is 1. The quantitative estimate of drug-likeness (QED) is 0.0259. The van der Waals surface area contributed by atoms with Gasteiger partial charge in [0.25, 0.3) is 16.1 Å². The molecule has 83 heavy (non-hydrogen) atoms. The van der Waals surface area contributed by atoms with Gasteiger partial charge in [-0.2, -0.15) is 21.0 Å². The van der Waals surface area contributed by atoms with Crippen molar-refractivity contribution in [2.24, 2.45) is 38.4 Å². The maximum Gasteiger partial charge on any atom is 0.300 e. The van der Waals surface area contributed by atoms with Gasteiger partial charge in [-0.3, -0.25) is 9.35 Å². The number of unbranched alkanes of at least 4 members (excludes halogenated alkanes) is 1. The van der Waals surface area contributed by atoms with Crippen molar-refractivity contribution in [3.05, 3.63) is 84.5 Å². The first-order valence-corrected chi connectivity index (χ1v) is 31.2. The van der Waals surface area contributed by atoms with E-state index in [4.69, 9.17) is 54.9 Å². The highest BCUT2D eigenvalue weighted by Crippen LogP contribution is 2.29. The van der Waals surface area contributed by atoms with E-state index < -0.39 is 16.1 Å². The summed E-state index contributed by atoms with van der Waals surface area (Å²) in [4.78, 5) is 24.1. The zero-order valence-corrected chi connectivity index (χ0v) is 61.7. The van der Waals surface area contributed by atoms with Crippen LogP contribution >= 0.6 is 36.4 Å². The summed E-state index contributed by atoms with van der Waals surface area (Å²) in [6, 6.07) is 0. The number of nitrogens with two attached hydrogens (primary N) is 1. The maximum atomic E-state index is 9.19. The number of carboxylic acid groups (broad SMARTS) is 1. The van der Waals surface area contributed by atoms with E-state index in [2.05, 4.69) is 191 Å². The Morgan fingerprint density at radius 2 is 1.02 bits per heavy atom. The van der Waals surface area contributed by atoms with Gasteiger partial charge < -0.3 is 34.9 Å². The SMILES string of the molecule is C#CC.C/C=C/C.C/C=C/CC.C/C=C/CCC.C=C(C)C.C=C(C)Cl.C=CC.CC(=O)O.CC1(C)COC1.CC1CC1.CC1CO1.CC1COC1.CC=C(C)C.CCC1(C)COC1.CN.CN=C=O.CN=C=S.CO.CS.CS(=O)(=O)O. The molecule has 0 aromatic rings. The number of carbonyl (C=O) groups excluding carboxylic acids is 1. The molecule has 0 amide bonds. The van der Waals surface area contributed by atoms with Crippen molar-refractivity contribution in [1.29, 1.82) is 0 Å². The lowest BCUT2D eigenvalue weighted by Crippen LogP contribution is -2.38. The highest BCUT2D eigenvalue weighted by molar-refractivity contribution is 7.85. The van der Waals surface area contributed by atoms with Crippen LogP contribution in [0.25, 0.3) is 0 Å². The standard InChI is InChI=1S/C6H12O.C6H12.C5H10O.2C5H10.C4H8O.3C4H8.C3H5Cl.C3H6O.C3H6.C3H4.C2H3NO.C2H3NS.C2H4O2.CH5N.CH4O3S.CH4O.CH4S/c1-3-6(2)4-7-5-6;1-3-5-6-4-2;1-5(2)3-6-4-5;1-4-5(2)3;1-3-5-4-2;1-4-2-5-3-4;1-4-2-3-4;1-4(2)3;1-3-4-2;1-3(2)4;1-3-2-4-3;2*1-3-2;2*1-3-2-4;1-2(3)4;1-2;1-5(2,3)4;2*1-2/h3-5H2,1-2H3;3,5H,4,6H2,1-2H3;3-4H2,1-2H3;4H,1-3H3;3,5H,4H2,1-2H3;4H,2-3H2,1H3;4H,2-3H2,1H3;1H2,2-3H3;3-4H,1-2H3;1H2,2H3;3H,2H2,1H3;3H,1H2,2H3;1H,2H3;2*1H3;1H3,(H,3,4);2H2,1H3;1H3,(H,2,3,4);2*2H,1H3/b;5-3+;;;5-3+;;;;4-3+;;;;;;;;;;;. The van der Waals surface area contributed by atoms with Gasteiger partial charge >= 0.3 is 0 Å². The van der Waals surface area contributed by atoms with Crippen LogP contribution in [0.5, 0.6) is 0 Å². The molecule has 1 saturated carbocycles. The first-order chi connectivity index (χ1) is 38.5. The predicted molar refractivity (Wildman–Crippen MR) is 379 cm³/mol. The number of terminal acetylenes is 1. The number of allylic oxidation sites excluding steroid dienone is 11. The number of aliphatic hydroxyl groups is 1. The average Bonchev–Trinajstić information content (AvgIpc) is 4.36. The van der Waals surface area contributed by atoms with Crippen LogP contribution in [0.1, 0.15) is 191 Å². The van der Waals surface area contributed by atoms with E-state index in [1.807, 2.05) is 60.6 Å². The number of aliphatic imine (C=N–C) groups is 2. The minimum absolute atomic E-state index is 0.500. The number of hydrogen-bond donors (Lipinski definition) is 5.